The number of sulfonamides is 1. The molecule has 2 rings (SSSR count). The molecule has 1 atom stereocenters. The van der Waals surface area contributed by atoms with E-state index >= 15 is 0 Å². The van der Waals surface area contributed by atoms with Crippen molar-refractivity contribution in [2.45, 2.75) is 32.7 Å². The molecular formula is C22H30N2O5S. The van der Waals surface area contributed by atoms with E-state index in [0.717, 1.165) is 34.7 Å². The molecule has 164 valence electrons. The van der Waals surface area contributed by atoms with Crippen LogP contribution in [0.4, 0.5) is 5.69 Å². The molecule has 2 aromatic rings. The van der Waals surface area contributed by atoms with E-state index in [-0.39, 0.29) is 5.91 Å². The first kappa shape index (κ1) is 23.5. The molecule has 1 N–H and O–H groups in total. The highest BCUT2D eigenvalue weighted by Gasteiger charge is 2.28. The number of methoxy groups -OCH3 is 1. The number of ether oxygens (including phenoxy) is 2. The zero-order valence-corrected chi connectivity index (χ0v) is 18.7. The van der Waals surface area contributed by atoms with Gasteiger partial charge in [0, 0.05) is 6.54 Å². The Balaban J connectivity index is 1.98. The number of hydrogen-bond acceptors (Lipinski definition) is 5. The molecule has 8 heteroatoms. The van der Waals surface area contributed by atoms with Crippen molar-refractivity contribution in [1.29, 1.82) is 0 Å². The van der Waals surface area contributed by atoms with Gasteiger partial charge in [0.1, 0.15) is 17.5 Å². The van der Waals surface area contributed by atoms with Crippen LogP contribution in [-0.2, 0) is 21.2 Å². The van der Waals surface area contributed by atoms with Gasteiger partial charge in [-0.3, -0.25) is 9.10 Å². The second-order valence-corrected chi connectivity index (χ2v) is 8.77. The van der Waals surface area contributed by atoms with Crippen LogP contribution >= 0.6 is 0 Å². The molecule has 30 heavy (non-hydrogen) atoms. The fraction of sp³-hybridized carbons (Fsp3) is 0.409. The predicted octanol–water partition coefficient (Wildman–Crippen LogP) is 3.00. The van der Waals surface area contributed by atoms with Crippen LogP contribution in [0.15, 0.2) is 48.5 Å². The number of aryl methyl sites for hydroxylation is 1. The van der Waals surface area contributed by atoms with Gasteiger partial charge >= 0.3 is 0 Å². The van der Waals surface area contributed by atoms with Crippen LogP contribution in [0.25, 0.3) is 0 Å². The van der Waals surface area contributed by atoms with Crippen molar-refractivity contribution in [3.8, 4) is 11.5 Å². The van der Waals surface area contributed by atoms with Gasteiger partial charge in [0.2, 0.25) is 15.9 Å². The van der Waals surface area contributed by atoms with Crippen LogP contribution in [0, 0.1) is 0 Å². The second kappa shape index (κ2) is 10.9. The third-order valence-corrected chi connectivity index (χ3v) is 5.81. The fourth-order valence-corrected chi connectivity index (χ4v) is 4.32. The lowest BCUT2D eigenvalue weighted by atomic mass is 10.1. The van der Waals surface area contributed by atoms with Crippen molar-refractivity contribution in [3.05, 3.63) is 54.1 Å². The summed E-state index contributed by atoms with van der Waals surface area (Å²) >= 11 is 0. The molecule has 0 unspecified atom stereocenters. The van der Waals surface area contributed by atoms with E-state index in [2.05, 4.69) is 5.32 Å². The summed E-state index contributed by atoms with van der Waals surface area (Å²) < 4.78 is 36.5. The highest BCUT2D eigenvalue weighted by molar-refractivity contribution is 7.92. The van der Waals surface area contributed by atoms with Crippen LogP contribution in [0.1, 0.15) is 25.8 Å². The number of hydrogen-bond donors (Lipinski definition) is 1. The largest absolute Gasteiger partial charge is 0.497 e. The van der Waals surface area contributed by atoms with Crippen LogP contribution in [0.5, 0.6) is 11.5 Å². The standard InChI is InChI=1S/C22H30N2O5S/c1-5-29-20-13-11-19(12-14-20)24(30(4,26)27)17(2)22(25)23-15-7-9-18-8-6-10-21(16-18)28-3/h6,8,10-14,16-17H,5,7,9,15H2,1-4H3,(H,23,25)/t17-/m0/s1. The number of benzene rings is 2. The van der Waals surface area contributed by atoms with E-state index in [0.29, 0.717) is 24.6 Å². The number of carbonyl (C=O) groups is 1. The monoisotopic (exact) mass is 434 g/mol. The quantitative estimate of drug-likeness (QED) is 0.550. The third kappa shape index (κ3) is 6.66. The first-order chi connectivity index (χ1) is 14.3. The predicted molar refractivity (Wildman–Crippen MR) is 119 cm³/mol. The van der Waals surface area contributed by atoms with Crippen molar-refractivity contribution in [1.82, 2.24) is 5.32 Å². The number of nitrogens with zero attached hydrogens (tertiary/aromatic N) is 1. The SMILES string of the molecule is CCOc1ccc(N([C@@H](C)C(=O)NCCCc2cccc(OC)c2)S(C)(=O)=O)cc1. The molecule has 0 aliphatic heterocycles. The topological polar surface area (TPSA) is 84.9 Å². The summed E-state index contributed by atoms with van der Waals surface area (Å²) in [5.74, 6) is 1.09. The zero-order valence-electron chi connectivity index (χ0n) is 17.9. The van der Waals surface area contributed by atoms with Crippen LogP contribution in [0.3, 0.4) is 0 Å². The molecule has 0 aliphatic carbocycles. The Morgan fingerprint density at radius 1 is 1.13 bits per heavy atom. The summed E-state index contributed by atoms with van der Waals surface area (Å²) in [5, 5.41) is 2.83. The molecule has 0 aromatic heterocycles. The molecule has 0 aliphatic rings. The average Bonchev–Trinajstić information content (AvgIpc) is 2.71. The lowest BCUT2D eigenvalue weighted by molar-refractivity contribution is -0.121. The van der Waals surface area contributed by atoms with Gasteiger partial charge in [-0.1, -0.05) is 12.1 Å². The van der Waals surface area contributed by atoms with E-state index < -0.39 is 16.1 Å². The maximum Gasteiger partial charge on any atom is 0.243 e. The van der Waals surface area contributed by atoms with E-state index in [1.54, 1.807) is 38.3 Å². The third-order valence-electron chi connectivity index (χ3n) is 4.57. The number of amides is 1. The van der Waals surface area contributed by atoms with Gasteiger partial charge in [-0.2, -0.15) is 0 Å². The smallest absolute Gasteiger partial charge is 0.243 e. The molecule has 0 heterocycles. The Bertz CT molecular complexity index is 929. The van der Waals surface area contributed by atoms with Gasteiger partial charge < -0.3 is 14.8 Å². The van der Waals surface area contributed by atoms with Gasteiger partial charge in [0.05, 0.1) is 25.7 Å². The maximum atomic E-state index is 12.6. The number of nitrogens with one attached hydrogen (secondary N) is 1. The van der Waals surface area contributed by atoms with Gasteiger partial charge in [0.25, 0.3) is 0 Å². The summed E-state index contributed by atoms with van der Waals surface area (Å²) in [5.41, 5.74) is 1.53. The lowest BCUT2D eigenvalue weighted by Crippen LogP contribution is -2.48. The van der Waals surface area contributed by atoms with Gasteiger partial charge in [0.15, 0.2) is 0 Å². The molecule has 0 saturated carbocycles. The Labute approximate surface area is 179 Å². The van der Waals surface area contributed by atoms with Crippen molar-refractivity contribution >= 4 is 21.6 Å². The Morgan fingerprint density at radius 2 is 1.83 bits per heavy atom. The van der Waals surface area contributed by atoms with E-state index in [9.17, 15) is 13.2 Å². The summed E-state index contributed by atoms with van der Waals surface area (Å²) in [6, 6.07) is 13.5. The van der Waals surface area contributed by atoms with Crippen molar-refractivity contribution in [2.75, 3.05) is 30.8 Å². The first-order valence-corrected chi connectivity index (χ1v) is 11.7. The maximum absolute atomic E-state index is 12.6. The van der Waals surface area contributed by atoms with Crippen molar-refractivity contribution in [3.63, 3.8) is 0 Å². The number of anilines is 1. The molecule has 0 saturated heterocycles. The minimum absolute atomic E-state index is 0.347. The minimum Gasteiger partial charge on any atom is -0.497 e. The van der Waals surface area contributed by atoms with E-state index in [1.807, 2.05) is 31.2 Å². The van der Waals surface area contributed by atoms with Crippen molar-refractivity contribution in [2.24, 2.45) is 0 Å². The van der Waals surface area contributed by atoms with Gasteiger partial charge in [-0.15, -0.1) is 0 Å². The summed E-state index contributed by atoms with van der Waals surface area (Å²) in [7, 11) is -2.03. The molecule has 0 radical (unpaired) electrons. The van der Waals surface area contributed by atoms with Gasteiger partial charge in [-0.05, 0) is 68.7 Å². The van der Waals surface area contributed by atoms with E-state index in [4.69, 9.17) is 9.47 Å². The van der Waals surface area contributed by atoms with Crippen LogP contribution in [0.2, 0.25) is 0 Å². The fourth-order valence-electron chi connectivity index (χ4n) is 3.14. The number of carbonyl (C=O) groups excluding carboxylic acids is 1. The molecule has 7 nitrogen and oxygen atoms in total. The minimum atomic E-state index is -3.65. The van der Waals surface area contributed by atoms with E-state index in [1.165, 1.54) is 0 Å². The zero-order chi connectivity index (χ0) is 22.1. The Hall–Kier alpha value is -2.74. The number of rotatable bonds is 11. The second-order valence-electron chi connectivity index (χ2n) is 6.91. The molecule has 2 aromatic carbocycles. The van der Waals surface area contributed by atoms with Crippen LogP contribution in [-0.4, -0.2) is 46.9 Å². The highest BCUT2D eigenvalue weighted by Crippen LogP contribution is 2.24. The molecule has 0 spiro atoms. The molecular weight excluding hydrogens is 404 g/mol. The molecule has 1 amide bonds. The van der Waals surface area contributed by atoms with Crippen molar-refractivity contribution < 1.29 is 22.7 Å². The summed E-state index contributed by atoms with van der Waals surface area (Å²) in [6.45, 7) is 4.41. The highest BCUT2D eigenvalue weighted by atomic mass is 32.2. The molecule has 0 bridgehead atoms. The lowest BCUT2D eigenvalue weighted by Gasteiger charge is -2.28. The molecule has 0 fully saturated rings. The summed E-state index contributed by atoms with van der Waals surface area (Å²) in [4.78, 5) is 12.6. The van der Waals surface area contributed by atoms with Gasteiger partial charge in [-0.25, -0.2) is 8.42 Å². The van der Waals surface area contributed by atoms with Crippen LogP contribution < -0.4 is 19.1 Å². The first-order valence-electron chi connectivity index (χ1n) is 9.89. The average molecular weight is 435 g/mol. The Morgan fingerprint density at radius 3 is 2.43 bits per heavy atom. The Kier molecular flexibility index (Phi) is 8.53. The summed E-state index contributed by atoms with van der Waals surface area (Å²) in [6.07, 6.45) is 2.60. The normalized spacial score (nSPS) is 12.1.